The Bertz CT molecular complexity index is 1790. The minimum Gasteiger partial charge on any atom is -0.336 e. The summed E-state index contributed by atoms with van der Waals surface area (Å²) in [6.07, 6.45) is 8.22. The van der Waals surface area contributed by atoms with Gasteiger partial charge in [0.1, 0.15) is 5.52 Å². The second-order valence-electron chi connectivity index (χ2n) is 14.5. The van der Waals surface area contributed by atoms with Crippen molar-refractivity contribution in [2.75, 3.05) is 36.4 Å². The number of piperidine rings is 1. The first-order valence-corrected chi connectivity index (χ1v) is 16.3. The van der Waals surface area contributed by atoms with Crippen LogP contribution in [-0.4, -0.2) is 68.6 Å². The number of rotatable bonds is 6. The fourth-order valence-corrected chi connectivity index (χ4v) is 8.12. The summed E-state index contributed by atoms with van der Waals surface area (Å²) >= 11 is 0. The lowest BCUT2D eigenvalue weighted by Crippen LogP contribution is -2.64. The molecule has 3 fully saturated rings. The Morgan fingerprint density at radius 3 is 2.56 bits per heavy atom. The van der Waals surface area contributed by atoms with Crippen LogP contribution >= 0.6 is 0 Å². The monoisotopic (exact) mass is 608 g/mol. The highest BCUT2D eigenvalue weighted by Gasteiger charge is 2.55. The van der Waals surface area contributed by atoms with Gasteiger partial charge in [0.05, 0.1) is 34.8 Å². The second-order valence-corrected chi connectivity index (χ2v) is 14.5. The molecule has 234 valence electrons. The van der Waals surface area contributed by atoms with Crippen molar-refractivity contribution in [3.8, 4) is 11.3 Å². The summed E-state index contributed by atoms with van der Waals surface area (Å²) in [7, 11) is 0. The molecule has 45 heavy (non-hydrogen) atoms. The van der Waals surface area contributed by atoms with E-state index >= 15 is 0 Å². The highest BCUT2D eigenvalue weighted by atomic mass is 19.1. The van der Waals surface area contributed by atoms with E-state index in [2.05, 4.69) is 71.3 Å². The lowest BCUT2D eigenvalue weighted by molar-refractivity contribution is -0.125. The van der Waals surface area contributed by atoms with Crippen molar-refractivity contribution in [3.63, 3.8) is 0 Å². The molecule has 0 unspecified atom stereocenters. The summed E-state index contributed by atoms with van der Waals surface area (Å²) in [6, 6.07) is 10.9. The molecule has 0 radical (unpaired) electrons. The van der Waals surface area contributed by atoms with Crippen molar-refractivity contribution in [2.24, 2.45) is 5.41 Å². The molecule has 4 aromatic rings. The third kappa shape index (κ3) is 4.55. The van der Waals surface area contributed by atoms with Crippen molar-refractivity contribution in [1.82, 2.24) is 29.7 Å². The summed E-state index contributed by atoms with van der Waals surface area (Å²) in [5, 5.41) is 6.69. The molecule has 10 heteroatoms. The molecule has 3 aromatic heterocycles. The standard InChI is InChI=1S/C35H41FN8O/c1-21(2)43-20-39-29-16-28(41-32(31(29)43)40-27-7-10-38-17-26(27)36)22-5-6-25-30(13-22)44(33(45)35(25)8-11-37-12-9-35)24-14-23(15-24)42-18-34(3,4)19-42/h5-7,10,13,16-17,20-21,23-24,37H,8-9,11-12,14-15,18-19H2,1-4H3,(H,38,40,41). The first-order valence-electron chi connectivity index (χ1n) is 16.3. The summed E-state index contributed by atoms with van der Waals surface area (Å²) < 4.78 is 16.8. The third-order valence-corrected chi connectivity index (χ3v) is 10.5. The molecule has 3 aliphatic heterocycles. The first kappa shape index (κ1) is 28.6. The number of anilines is 3. The van der Waals surface area contributed by atoms with Crippen LogP contribution in [0.25, 0.3) is 22.3 Å². The number of nitrogens with zero attached hydrogens (tertiary/aromatic N) is 6. The van der Waals surface area contributed by atoms with Gasteiger partial charge >= 0.3 is 0 Å². The van der Waals surface area contributed by atoms with Crippen LogP contribution in [0.4, 0.5) is 21.6 Å². The van der Waals surface area contributed by atoms with E-state index in [1.165, 1.54) is 6.20 Å². The fraction of sp³-hybridized carbons (Fsp3) is 0.486. The lowest BCUT2D eigenvalue weighted by Gasteiger charge is -2.55. The number of pyridine rings is 2. The van der Waals surface area contributed by atoms with Crippen molar-refractivity contribution in [2.45, 2.75) is 76.9 Å². The smallest absolute Gasteiger partial charge is 0.238 e. The summed E-state index contributed by atoms with van der Waals surface area (Å²) in [4.78, 5) is 32.8. The average Bonchev–Trinajstić information content (AvgIpc) is 3.51. The normalized spacial score (nSPS) is 23.8. The van der Waals surface area contributed by atoms with E-state index in [4.69, 9.17) is 9.97 Å². The van der Waals surface area contributed by atoms with Gasteiger partial charge in [0.25, 0.3) is 0 Å². The molecule has 2 N–H and O–H groups in total. The highest BCUT2D eigenvalue weighted by molar-refractivity contribution is 6.09. The Morgan fingerprint density at radius 2 is 1.84 bits per heavy atom. The molecular formula is C35H41FN8O. The number of fused-ring (bicyclic) bond motifs is 3. The number of carbonyl (C=O) groups excluding carboxylic acids is 1. The van der Waals surface area contributed by atoms with E-state index < -0.39 is 11.2 Å². The van der Waals surface area contributed by atoms with Crippen molar-refractivity contribution < 1.29 is 9.18 Å². The Labute approximate surface area is 263 Å². The molecule has 2 saturated heterocycles. The molecule has 9 nitrogen and oxygen atoms in total. The van der Waals surface area contributed by atoms with Crippen LogP contribution in [0.15, 0.2) is 49.1 Å². The van der Waals surface area contributed by atoms with Crippen LogP contribution in [0.5, 0.6) is 0 Å². The molecule has 8 rings (SSSR count). The number of hydrogen-bond acceptors (Lipinski definition) is 7. The third-order valence-electron chi connectivity index (χ3n) is 10.5. The SMILES string of the molecule is CC(C)n1cnc2cc(-c3ccc4c(c3)N(C3CC(N5CC(C)(C)C5)C3)C(=O)C43CCNCC3)nc(Nc3ccncc3F)c21. The zero-order valence-corrected chi connectivity index (χ0v) is 26.5. The van der Waals surface area contributed by atoms with E-state index in [0.29, 0.717) is 23.0 Å². The quantitative estimate of drug-likeness (QED) is 0.286. The molecule has 4 aliphatic rings. The van der Waals surface area contributed by atoms with Gasteiger partial charge in [0.2, 0.25) is 5.91 Å². The van der Waals surface area contributed by atoms with Crippen LogP contribution in [0, 0.1) is 11.2 Å². The van der Waals surface area contributed by atoms with Gasteiger partial charge in [-0.2, -0.15) is 0 Å². The van der Waals surface area contributed by atoms with Gasteiger partial charge in [0, 0.05) is 48.7 Å². The van der Waals surface area contributed by atoms with Gasteiger partial charge in [-0.25, -0.2) is 14.4 Å². The maximum atomic E-state index is 14.7. The maximum Gasteiger partial charge on any atom is 0.238 e. The molecule has 1 saturated carbocycles. The number of nitrogens with one attached hydrogen (secondary N) is 2. The van der Waals surface area contributed by atoms with Crippen molar-refractivity contribution in [3.05, 3.63) is 60.4 Å². The van der Waals surface area contributed by atoms with Crippen molar-refractivity contribution in [1.29, 1.82) is 0 Å². The topological polar surface area (TPSA) is 91.2 Å². The summed E-state index contributed by atoms with van der Waals surface area (Å²) in [6.45, 7) is 12.8. The largest absolute Gasteiger partial charge is 0.336 e. The second kappa shape index (κ2) is 10.3. The fourth-order valence-electron chi connectivity index (χ4n) is 8.12. The molecule has 1 spiro atoms. The summed E-state index contributed by atoms with van der Waals surface area (Å²) in [5.74, 6) is 0.340. The molecule has 1 amide bonds. The van der Waals surface area contributed by atoms with Gasteiger partial charge in [-0.1, -0.05) is 26.0 Å². The molecule has 1 aromatic carbocycles. The Balaban J connectivity index is 1.19. The number of benzene rings is 1. The van der Waals surface area contributed by atoms with E-state index in [9.17, 15) is 9.18 Å². The van der Waals surface area contributed by atoms with Gasteiger partial charge in [0.15, 0.2) is 11.6 Å². The zero-order valence-electron chi connectivity index (χ0n) is 26.5. The first-order chi connectivity index (χ1) is 21.6. The van der Waals surface area contributed by atoms with E-state index in [-0.39, 0.29) is 18.0 Å². The van der Waals surface area contributed by atoms with E-state index in [0.717, 1.165) is 85.4 Å². The van der Waals surface area contributed by atoms with Gasteiger partial charge in [-0.3, -0.25) is 14.7 Å². The molecule has 1 aliphatic carbocycles. The highest BCUT2D eigenvalue weighted by Crippen LogP contribution is 2.52. The van der Waals surface area contributed by atoms with Crippen molar-refractivity contribution >= 4 is 34.1 Å². The van der Waals surface area contributed by atoms with Crippen LogP contribution in [0.3, 0.4) is 0 Å². The Kier molecular flexibility index (Phi) is 6.55. The molecular weight excluding hydrogens is 567 g/mol. The van der Waals surface area contributed by atoms with Crippen LogP contribution < -0.4 is 15.5 Å². The van der Waals surface area contributed by atoms with Crippen LogP contribution in [0.1, 0.15) is 65.0 Å². The lowest BCUT2D eigenvalue weighted by atomic mass is 9.73. The average molecular weight is 609 g/mol. The zero-order chi connectivity index (χ0) is 31.1. The number of halogens is 1. The number of amides is 1. The number of carbonyl (C=O) groups is 1. The predicted octanol–water partition coefficient (Wildman–Crippen LogP) is 5.80. The van der Waals surface area contributed by atoms with E-state index in [1.54, 1.807) is 12.3 Å². The minimum absolute atomic E-state index is 0.139. The minimum atomic E-state index is -0.470. The number of aromatic nitrogens is 4. The van der Waals surface area contributed by atoms with Gasteiger partial charge in [-0.05, 0) is 81.8 Å². The van der Waals surface area contributed by atoms with E-state index in [1.807, 2.05) is 17.0 Å². The molecule has 0 atom stereocenters. The number of hydrogen-bond donors (Lipinski definition) is 2. The molecule has 6 heterocycles. The number of likely N-dealkylation sites (tertiary alicyclic amines) is 1. The molecule has 0 bridgehead atoms. The van der Waals surface area contributed by atoms with Crippen LogP contribution in [-0.2, 0) is 10.2 Å². The predicted molar refractivity (Wildman–Crippen MR) is 174 cm³/mol. The van der Waals surface area contributed by atoms with Gasteiger partial charge < -0.3 is 20.1 Å². The number of imidazole rings is 1. The maximum absolute atomic E-state index is 14.7. The Hall–Kier alpha value is -3.89. The Morgan fingerprint density at radius 1 is 1.07 bits per heavy atom. The van der Waals surface area contributed by atoms with Crippen LogP contribution in [0.2, 0.25) is 0 Å². The van der Waals surface area contributed by atoms with Gasteiger partial charge in [-0.15, -0.1) is 0 Å². The summed E-state index contributed by atoms with van der Waals surface area (Å²) in [5.41, 5.74) is 5.62.